The number of aromatic nitrogens is 1. The summed E-state index contributed by atoms with van der Waals surface area (Å²) in [5, 5.41) is 9.40. The van der Waals surface area contributed by atoms with Gasteiger partial charge in [-0.3, -0.25) is 0 Å². The Morgan fingerprint density at radius 2 is 1.93 bits per heavy atom. The van der Waals surface area contributed by atoms with Gasteiger partial charge in [-0.2, -0.15) is 5.26 Å². The third-order valence-electron chi connectivity index (χ3n) is 5.48. The average Bonchev–Trinajstić information content (AvgIpc) is 3.12. The van der Waals surface area contributed by atoms with Crippen LogP contribution in [-0.4, -0.2) is 11.1 Å². The quantitative estimate of drug-likeness (QED) is 0.501. The number of rotatable bonds is 4. The number of ether oxygens (including phenoxy) is 1. The number of fused-ring (bicyclic) bond motifs is 1. The van der Waals surface area contributed by atoms with Crippen LogP contribution in [0.15, 0.2) is 40.8 Å². The van der Waals surface area contributed by atoms with E-state index in [1.165, 1.54) is 5.56 Å². The highest BCUT2D eigenvalue weighted by molar-refractivity contribution is 6.31. The first kappa shape index (κ1) is 18.8. The summed E-state index contributed by atoms with van der Waals surface area (Å²) < 4.78 is 12.1. The van der Waals surface area contributed by atoms with Gasteiger partial charge in [0.05, 0.1) is 16.7 Å². The summed E-state index contributed by atoms with van der Waals surface area (Å²) in [7, 11) is 0. The lowest BCUT2D eigenvalue weighted by Gasteiger charge is -2.27. The molecule has 1 aromatic heterocycles. The van der Waals surface area contributed by atoms with Gasteiger partial charge in [0.15, 0.2) is 11.5 Å². The molecule has 0 unspecified atom stereocenters. The van der Waals surface area contributed by atoms with Gasteiger partial charge in [0.1, 0.15) is 17.3 Å². The van der Waals surface area contributed by atoms with Gasteiger partial charge >= 0.3 is 0 Å². The van der Waals surface area contributed by atoms with E-state index in [4.69, 9.17) is 31.0 Å². The molecule has 0 bridgehead atoms. The van der Waals surface area contributed by atoms with Gasteiger partial charge in [-0.05, 0) is 61.4 Å². The van der Waals surface area contributed by atoms with Crippen molar-refractivity contribution in [2.75, 3.05) is 0 Å². The van der Waals surface area contributed by atoms with Gasteiger partial charge in [-0.1, -0.05) is 31.5 Å². The minimum Gasteiger partial charge on any atom is -0.490 e. The molecule has 0 radical (unpaired) electrons. The summed E-state index contributed by atoms with van der Waals surface area (Å²) >= 11 is 6.10. The first-order valence-electron chi connectivity index (χ1n) is 9.80. The third kappa shape index (κ3) is 3.86. The van der Waals surface area contributed by atoms with E-state index < -0.39 is 0 Å². The van der Waals surface area contributed by atoms with Crippen molar-refractivity contribution < 1.29 is 9.15 Å². The van der Waals surface area contributed by atoms with Crippen molar-refractivity contribution in [1.82, 2.24) is 4.98 Å². The normalized spacial score (nSPS) is 19.7. The monoisotopic (exact) mass is 394 g/mol. The highest BCUT2D eigenvalue weighted by Gasteiger charge is 2.27. The zero-order valence-corrected chi connectivity index (χ0v) is 16.9. The Balaban J connectivity index is 1.40. The molecule has 0 spiro atoms. The molecule has 144 valence electrons. The van der Waals surface area contributed by atoms with E-state index in [0.717, 1.165) is 48.4 Å². The molecule has 2 aromatic carbocycles. The van der Waals surface area contributed by atoms with Crippen LogP contribution < -0.4 is 4.74 Å². The first-order valence-corrected chi connectivity index (χ1v) is 10.2. The van der Waals surface area contributed by atoms with Gasteiger partial charge in [-0.25, -0.2) is 4.98 Å². The molecular weight excluding hydrogens is 372 g/mol. The van der Waals surface area contributed by atoms with E-state index in [0.29, 0.717) is 22.4 Å². The fraction of sp³-hybridized carbons (Fsp3) is 0.391. The maximum Gasteiger partial charge on any atom is 0.198 e. The van der Waals surface area contributed by atoms with Crippen molar-refractivity contribution in [1.29, 1.82) is 5.26 Å². The van der Waals surface area contributed by atoms with E-state index in [-0.39, 0.29) is 6.10 Å². The van der Waals surface area contributed by atoms with Crippen LogP contribution in [0.5, 0.6) is 5.75 Å². The topological polar surface area (TPSA) is 59.0 Å². The molecule has 3 aromatic rings. The van der Waals surface area contributed by atoms with Crippen molar-refractivity contribution in [2.24, 2.45) is 0 Å². The summed E-state index contributed by atoms with van der Waals surface area (Å²) in [6, 6.07) is 13.6. The van der Waals surface area contributed by atoms with Crippen LogP contribution in [0.1, 0.15) is 68.4 Å². The first-order chi connectivity index (χ1) is 13.5. The predicted octanol–water partition coefficient (Wildman–Crippen LogP) is 6.58. The molecule has 1 fully saturated rings. The van der Waals surface area contributed by atoms with Gasteiger partial charge in [0.2, 0.25) is 0 Å². The fourth-order valence-corrected chi connectivity index (χ4v) is 3.99. The van der Waals surface area contributed by atoms with Crippen molar-refractivity contribution in [3.05, 3.63) is 58.4 Å². The van der Waals surface area contributed by atoms with Crippen LogP contribution >= 0.6 is 11.6 Å². The summed E-state index contributed by atoms with van der Waals surface area (Å²) in [6.45, 7) is 4.37. The smallest absolute Gasteiger partial charge is 0.198 e. The molecule has 0 amide bonds. The van der Waals surface area contributed by atoms with Gasteiger partial charge in [0, 0.05) is 12.0 Å². The largest absolute Gasteiger partial charge is 0.490 e. The molecule has 0 saturated heterocycles. The van der Waals surface area contributed by atoms with E-state index >= 15 is 0 Å². The van der Waals surface area contributed by atoms with Crippen molar-refractivity contribution in [3.8, 4) is 11.8 Å². The molecule has 1 aliphatic carbocycles. The van der Waals surface area contributed by atoms with Crippen LogP contribution in [0, 0.1) is 11.3 Å². The van der Waals surface area contributed by atoms with Crippen molar-refractivity contribution in [2.45, 2.75) is 57.5 Å². The van der Waals surface area contributed by atoms with E-state index in [1.807, 2.05) is 12.1 Å². The molecule has 0 aliphatic heterocycles. The van der Waals surface area contributed by atoms with Gasteiger partial charge in [-0.15, -0.1) is 0 Å². The Morgan fingerprint density at radius 3 is 2.61 bits per heavy atom. The number of hydrogen-bond donors (Lipinski definition) is 0. The number of nitrogens with zero attached hydrogens (tertiary/aromatic N) is 2. The lowest BCUT2D eigenvalue weighted by atomic mass is 9.87. The van der Waals surface area contributed by atoms with Crippen molar-refractivity contribution >= 4 is 22.7 Å². The zero-order chi connectivity index (χ0) is 19.7. The molecule has 0 N–H and O–H groups in total. The van der Waals surface area contributed by atoms with E-state index in [9.17, 15) is 0 Å². The molecule has 0 atom stereocenters. The second-order valence-electron chi connectivity index (χ2n) is 7.78. The predicted molar refractivity (Wildman–Crippen MR) is 110 cm³/mol. The van der Waals surface area contributed by atoms with E-state index in [2.05, 4.69) is 32.0 Å². The Labute approximate surface area is 170 Å². The standard InChI is InChI=1S/C23H23ClN2O2/c1-14(2)16-6-10-22-21(11-16)26-23(28-22)15-3-7-18(8-4-15)27-19-9-5-17(13-25)20(24)12-19/h5-6,9-12,14-15,18H,3-4,7-8H2,1-2H3. The minimum absolute atomic E-state index is 0.150. The molecule has 1 saturated carbocycles. The Bertz CT molecular complexity index is 1030. The van der Waals surface area contributed by atoms with Gasteiger partial charge in [0.25, 0.3) is 0 Å². The fourth-order valence-electron chi connectivity index (χ4n) is 3.78. The van der Waals surface area contributed by atoms with Crippen LogP contribution in [0.3, 0.4) is 0 Å². The number of halogens is 1. The summed E-state index contributed by atoms with van der Waals surface area (Å²) in [5.74, 6) is 2.37. The second-order valence-corrected chi connectivity index (χ2v) is 8.19. The van der Waals surface area contributed by atoms with E-state index in [1.54, 1.807) is 12.1 Å². The molecule has 4 nitrogen and oxygen atoms in total. The average molecular weight is 395 g/mol. The number of hydrogen-bond acceptors (Lipinski definition) is 4. The lowest BCUT2D eigenvalue weighted by Crippen LogP contribution is -2.23. The second kappa shape index (κ2) is 7.85. The molecule has 28 heavy (non-hydrogen) atoms. The third-order valence-corrected chi connectivity index (χ3v) is 5.79. The lowest BCUT2D eigenvalue weighted by molar-refractivity contribution is 0.141. The highest BCUT2D eigenvalue weighted by Crippen LogP contribution is 2.36. The number of benzene rings is 2. The maximum atomic E-state index is 8.97. The maximum absolute atomic E-state index is 8.97. The molecule has 1 aliphatic rings. The minimum atomic E-state index is 0.150. The SMILES string of the molecule is CC(C)c1ccc2oc(C3CCC(Oc4ccc(C#N)c(Cl)c4)CC3)nc2c1. The summed E-state index contributed by atoms with van der Waals surface area (Å²) in [5.41, 5.74) is 3.57. The molecule has 1 heterocycles. The Kier molecular flexibility index (Phi) is 5.28. The number of nitriles is 1. The Morgan fingerprint density at radius 1 is 1.14 bits per heavy atom. The Hall–Kier alpha value is -2.51. The summed E-state index contributed by atoms with van der Waals surface area (Å²) in [6.07, 6.45) is 4.00. The van der Waals surface area contributed by atoms with Crippen LogP contribution in [0.2, 0.25) is 5.02 Å². The van der Waals surface area contributed by atoms with Gasteiger partial charge < -0.3 is 9.15 Å². The molecular formula is C23H23ClN2O2. The number of oxazole rings is 1. The highest BCUT2D eigenvalue weighted by atomic mass is 35.5. The van der Waals surface area contributed by atoms with Crippen LogP contribution in [0.25, 0.3) is 11.1 Å². The van der Waals surface area contributed by atoms with Crippen LogP contribution in [0.4, 0.5) is 0 Å². The molecule has 5 heteroatoms. The van der Waals surface area contributed by atoms with Crippen LogP contribution in [-0.2, 0) is 0 Å². The molecule has 4 rings (SSSR count). The summed E-state index contributed by atoms with van der Waals surface area (Å²) in [4.78, 5) is 4.76. The zero-order valence-electron chi connectivity index (χ0n) is 16.1. The van der Waals surface area contributed by atoms with Crippen molar-refractivity contribution in [3.63, 3.8) is 0 Å².